The third-order valence-corrected chi connectivity index (χ3v) is 4.03. The summed E-state index contributed by atoms with van der Waals surface area (Å²) in [5.74, 6) is -0.00458. The average molecular weight is 227 g/mol. The van der Waals surface area contributed by atoms with E-state index in [2.05, 4.69) is 25.7 Å². The van der Waals surface area contributed by atoms with Gasteiger partial charge in [0.1, 0.15) is 5.54 Å². The molecule has 94 valence electrons. The van der Waals surface area contributed by atoms with Crippen LogP contribution in [0.2, 0.25) is 0 Å². The highest BCUT2D eigenvalue weighted by atomic mass is 16.4. The summed E-state index contributed by atoms with van der Waals surface area (Å²) in [6.07, 6.45) is 2.22. The summed E-state index contributed by atoms with van der Waals surface area (Å²) in [6, 6.07) is 0. The highest BCUT2D eigenvalue weighted by molar-refractivity contribution is 5.77. The Balaban J connectivity index is 2.59. The van der Waals surface area contributed by atoms with E-state index in [0.29, 0.717) is 11.3 Å². The van der Waals surface area contributed by atoms with Gasteiger partial charge < -0.3 is 5.11 Å². The lowest BCUT2D eigenvalue weighted by Crippen LogP contribution is -2.53. The predicted octanol–water partition coefficient (Wildman–Crippen LogP) is 2.61. The van der Waals surface area contributed by atoms with Crippen LogP contribution < -0.4 is 0 Å². The zero-order chi connectivity index (χ0) is 12.6. The quantitative estimate of drug-likeness (QED) is 0.788. The summed E-state index contributed by atoms with van der Waals surface area (Å²) in [5, 5.41) is 9.18. The fourth-order valence-electron chi connectivity index (χ4n) is 2.44. The van der Waals surface area contributed by atoms with E-state index < -0.39 is 11.5 Å². The van der Waals surface area contributed by atoms with Gasteiger partial charge in [-0.15, -0.1) is 0 Å². The van der Waals surface area contributed by atoms with Gasteiger partial charge in [0.2, 0.25) is 0 Å². The van der Waals surface area contributed by atoms with E-state index in [1.165, 1.54) is 0 Å². The molecule has 0 radical (unpaired) electrons. The number of hydrogen-bond donors (Lipinski definition) is 1. The van der Waals surface area contributed by atoms with Crippen LogP contribution in [0.5, 0.6) is 0 Å². The molecule has 0 spiro atoms. The molecule has 0 aromatic heterocycles. The molecule has 3 nitrogen and oxygen atoms in total. The molecule has 0 atom stereocenters. The molecule has 1 aliphatic rings. The molecule has 0 aromatic carbocycles. The number of piperidine rings is 1. The van der Waals surface area contributed by atoms with Gasteiger partial charge in [-0.2, -0.15) is 0 Å². The van der Waals surface area contributed by atoms with Crippen LogP contribution in [0.4, 0.5) is 0 Å². The fourth-order valence-corrected chi connectivity index (χ4v) is 2.44. The molecule has 1 saturated heterocycles. The van der Waals surface area contributed by atoms with Gasteiger partial charge in [-0.1, -0.05) is 20.8 Å². The fraction of sp³-hybridized carbons (Fsp3) is 0.923. The van der Waals surface area contributed by atoms with Gasteiger partial charge in [-0.05, 0) is 51.1 Å². The molecule has 0 aromatic rings. The Morgan fingerprint density at radius 3 is 1.88 bits per heavy atom. The third-order valence-electron chi connectivity index (χ3n) is 4.03. The van der Waals surface area contributed by atoms with Crippen molar-refractivity contribution >= 4 is 5.97 Å². The molecule has 1 fully saturated rings. The van der Waals surface area contributed by atoms with Crippen molar-refractivity contribution in [2.24, 2.45) is 11.3 Å². The molecule has 0 unspecified atom stereocenters. The number of nitrogens with zero attached hydrogens (tertiary/aromatic N) is 1. The Labute approximate surface area is 98.8 Å². The van der Waals surface area contributed by atoms with Crippen molar-refractivity contribution in [2.75, 3.05) is 13.1 Å². The van der Waals surface area contributed by atoms with Gasteiger partial charge in [0.25, 0.3) is 0 Å². The maximum atomic E-state index is 11.2. The van der Waals surface area contributed by atoms with Crippen molar-refractivity contribution in [3.05, 3.63) is 0 Å². The molecule has 1 heterocycles. The van der Waals surface area contributed by atoms with Crippen molar-refractivity contribution in [3.63, 3.8) is 0 Å². The van der Waals surface area contributed by atoms with Gasteiger partial charge in [-0.3, -0.25) is 9.69 Å². The highest BCUT2D eigenvalue weighted by Crippen LogP contribution is 2.35. The number of rotatable bonds is 2. The summed E-state index contributed by atoms with van der Waals surface area (Å²) >= 11 is 0. The van der Waals surface area contributed by atoms with Crippen molar-refractivity contribution in [3.8, 4) is 0 Å². The Morgan fingerprint density at radius 1 is 1.12 bits per heavy atom. The maximum Gasteiger partial charge on any atom is 0.323 e. The molecule has 1 rings (SSSR count). The lowest BCUT2D eigenvalue weighted by molar-refractivity contribution is -0.150. The van der Waals surface area contributed by atoms with E-state index in [0.717, 1.165) is 25.9 Å². The lowest BCUT2D eigenvalue weighted by atomic mass is 9.74. The zero-order valence-corrected chi connectivity index (χ0v) is 11.2. The minimum Gasteiger partial charge on any atom is -0.480 e. The van der Waals surface area contributed by atoms with E-state index >= 15 is 0 Å². The van der Waals surface area contributed by atoms with Crippen molar-refractivity contribution in [1.82, 2.24) is 4.90 Å². The summed E-state index contributed by atoms with van der Waals surface area (Å²) < 4.78 is 0. The van der Waals surface area contributed by atoms with Crippen LogP contribution in [0.3, 0.4) is 0 Å². The van der Waals surface area contributed by atoms with Crippen LogP contribution in [0.1, 0.15) is 47.5 Å². The Kier molecular flexibility index (Phi) is 3.68. The lowest BCUT2D eigenvalue weighted by Gasteiger charge is -2.43. The number of hydrogen-bond acceptors (Lipinski definition) is 2. The van der Waals surface area contributed by atoms with Crippen LogP contribution in [-0.2, 0) is 4.79 Å². The first-order valence-corrected chi connectivity index (χ1v) is 6.14. The second kappa shape index (κ2) is 4.36. The first kappa shape index (κ1) is 13.5. The van der Waals surface area contributed by atoms with Crippen molar-refractivity contribution in [1.29, 1.82) is 0 Å². The predicted molar refractivity (Wildman–Crippen MR) is 65.5 cm³/mol. The molecular weight excluding hydrogens is 202 g/mol. The Morgan fingerprint density at radius 2 is 1.56 bits per heavy atom. The average Bonchev–Trinajstić information content (AvgIpc) is 2.16. The van der Waals surface area contributed by atoms with Crippen LogP contribution in [0, 0.1) is 11.3 Å². The summed E-state index contributed by atoms with van der Waals surface area (Å²) in [6.45, 7) is 12.2. The van der Waals surface area contributed by atoms with Crippen LogP contribution in [-0.4, -0.2) is 34.6 Å². The standard InChI is InChI=1S/C13H25NO2/c1-12(2,3)10-6-8-14(9-7-10)13(4,5)11(15)16/h10H,6-9H2,1-5H3,(H,15,16). The molecule has 16 heavy (non-hydrogen) atoms. The highest BCUT2D eigenvalue weighted by Gasteiger charge is 2.38. The van der Waals surface area contributed by atoms with Crippen LogP contribution in [0.15, 0.2) is 0 Å². The molecule has 0 saturated carbocycles. The molecule has 1 N–H and O–H groups in total. The largest absolute Gasteiger partial charge is 0.480 e. The zero-order valence-electron chi connectivity index (χ0n) is 11.2. The first-order chi connectivity index (χ1) is 7.15. The molecular formula is C13H25NO2. The van der Waals surface area contributed by atoms with E-state index in [9.17, 15) is 9.90 Å². The molecule has 0 bridgehead atoms. The Hall–Kier alpha value is -0.570. The van der Waals surface area contributed by atoms with Crippen molar-refractivity contribution < 1.29 is 9.90 Å². The van der Waals surface area contributed by atoms with E-state index in [-0.39, 0.29) is 0 Å². The van der Waals surface area contributed by atoms with E-state index in [1.807, 2.05) is 0 Å². The third kappa shape index (κ3) is 2.76. The molecule has 0 aliphatic carbocycles. The van der Waals surface area contributed by atoms with Crippen LogP contribution in [0.25, 0.3) is 0 Å². The monoisotopic (exact) mass is 227 g/mol. The minimum absolute atomic E-state index is 0.347. The number of carboxylic acids is 1. The number of carbonyl (C=O) groups is 1. The van der Waals surface area contributed by atoms with Crippen molar-refractivity contribution in [2.45, 2.75) is 53.0 Å². The smallest absolute Gasteiger partial charge is 0.323 e. The number of likely N-dealkylation sites (tertiary alicyclic amines) is 1. The molecule has 1 aliphatic heterocycles. The maximum absolute atomic E-state index is 11.2. The first-order valence-electron chi connectivity index (χ1n) is 6.14. The number of aliphatic carboxylic acids is 1. The topological polar surface area (TPSA) is 40.5 Å². The van der Waals surface area contributed by atoms with Gasteiger partial charge in [0.05, 0.1) is 0 Å². The minimum atomic E-state index is -0.721. The normalized spacial score (nSPS) is 21.1. The van der Waals surface area contributed by atoms with Gasteiger partial charge in [-0.25, -0.2) is 0 Å². The molecule has 3 heteroatoms. The number of carboxylic acid groups (broad SMARTS) is 1. The second-order valence-electron chi connectivity index (χ2n) is 6.49. The summed E-state index contributed by atoms with van der Waals surface area (Å²) in [5.41, 5.74) is -0.373. The summed E-state index contributed by atoms with van der Waals surface area (Å²) in [4.78, 5) is 13.3. The van der Waals surface area contributed by atoms with Gasteiger partial charge >= 0.3 is 5.97 Å². The van der Waals surface area contributed by atoms with E-state index in [1.54, 1.807) is 13.8 Å². The van der Waals surface area contributed by atoms with Crippen LogP contribution >= 0.6 is 0 Å². The Bertz CT molecular complexity index is 258. The van der Waals surface area contributed by atoms with E-state index in [4.69, 9.17) is 0 Å². The SMILES string of the molecule is CC(C)(C)C1CCN(C(C)(C)C(=O)O)CC1. The van der Waals surface area contributed by atoms with Gasteiger partial charge in [0.15, 0.2) is 0 Å². The molecule has 0 amide bonds. The second-order valence-corrected chi connectivity index (χ2v) is 6.49. The van der Waals surface area contributed by atoms with Gasteiger partial charge in [0, 0.05) is 0 Å². The summed E-state index contributed by atoms with van der Waals surface area (Å²) in [7, 11) is 0.